The summed E-state index contributed by atoms with van der Waals surface area (Å²) in [5.41, 5.74) is 0.0159. The van der Waals surface area contributed by atoms with Crippen molar-refractivity contribution in [2.75, 3.05) is 12.4 Å². The van der Waals surface area contributed by atoms with Gasteiger partial charge >= 0.3 is 11.7 Å². The number of hydrogen-bond acceptors (Lipinski definition) is 5. The molecule has 2 heterocycles. The normalized spacial score (nSPS) is 18.8. The highest BCUT2D eigenvalue weighted by Gasteiger charge is 2.42. The quantitative estimate of drug-likeness (QED) is 0.812. The van der Waals surface area contributed by atoms with Gasteiger partial charge in [-0.15, -0.1) is 0 Å². The highest BCUT2D eigenvalue weighted by molar-refractivity contribution is 5.81. The molecule has 1 aromatic carbocycles. The maximum Gasteiger partial charge on any atom is 0.332 e. The van der Waals surface area contributed by atoms with E-state index in [-0.39, 0.29) is 11.4 Å². The fourth-order valence-electron chi connectivity index (χ4n) is 3.33. The Labute approximate surface area is 148 Å². The number of halogens is 1. The second-order valence-electron chi connectivity index (χ2n) is 6.15. The molecule has 0 spiro atoms. The van der Waals surface area contributed by atoms with E-state index in [2.05, 4.69) is 11.9 Å². The van der Waals surface area contributed by atoms with Gasteiger partial charge in [-0.05, 0) is 17.7 Å². The number of methoxy groups -OCH3 is 1. The first-order valence-electron chi connectivity index (χ1n) is 7.87. The van der Waals surface area contributed by atoms with E-state index in [4.69, 9.17) is 4.74 Å². The van der Waals surface area contributed by atoms with Gasteiger partial charge in [0.25, 0.3) is 5.56 Å². The van der Waals surface area contributed by atoms with Crippen LogP contribution in [0.1, 0.15) is 17.0 Å². The molecule has 8 heteroatoms. The third-order valence-electron chi connectivity index (χ3n) is 4.68. The smallest absolute Gasteiger partial charge is 0.332 e. The van der Waals surface area contributed by atoms with Crippen LogP contribution in [0.4, 0.5) is 10.2 Å². The molecule has 0 fully saturated rings. The van der Waals surface area contributed by atoms with Crippen LogP contribution >= 0.6 is 0 Å². The zero-order chi connectivity index (χ0) is 19.2. The molecule has 7 nitrogen and oxygen atoms in total. The molecule has 1 aliphatic rings. The number of fused-ring (bicyclic) bond motifs is 1. The lowest BCUT2D eigenvalue weighted by atomic mass is 9.77. The Morgan fingerprint density at radius 3 is 2.38 bits per heavy atom. The fourth-order valence-corrected chi connectivity index (χ4v) is 3.33. The van der Waals surface area contributed by atoms with Crippen molar-refractivity contribution >= 4 is 11.8 Å². The summed E-state index contributed by atoms with van der Waals surface area (Å²) >= 11 is 0. The predicted molar refractivity (Wildman–Crippen MR) is 93.4 cm³/mol. The van der Waals surface area contributed by atoms with Gasteiger partial charge in [0.15, 0.2) is 0 Å². The summed E-state index contributed by atoms with van der Waals surface area (Å²) in [5, 5.41) is 2.89. The predicted octanol–water partition coefficient (Wildman–Crippen LogP) is 1.08. The Balaban J connectivity index is 2.38. The summed E-state index contributed by atoms with van der Waals surface area (Å²) in [4.78, 5) is 37.5. The van der Waals surface area contributed by atoms with Crippen molar-refractivity contribution in [3.63, 3.8) is 0 Å². The van der Waals surface area contributed by atoms with E-state index < -0.39 is 34.9 Å². The zero-order valence-electron chi connectivity index (χ0n) is 14.6. The summed E-state index contributed by atoms with van der Waals surface area (Å²) in [7, 11) is 4.12. The van der Waals surface area contributed by atoms with Crippen molar-refractivity contribution in [3.05, 3.63) is 74.3 Å². The van der Waals surface area contributed by atoms with E-state index in [1.54, 1.807) is 0 Å². The average Bonchev–Trinajstić information content (AvgIpc) is 2.63. The van der Waals surface area contributed by atoms with Crippen molar-refractivity contribution in [3.8, 4) is 0 Å². The van der Waals surface area contributed by atoms with E-state index in [1.165, 1.54) is 50.0 Å². The SMILES string of the molecule is C=C1Nc2c(c(=O)n(C)c(=O)n2C)C(c2ccc(F)cc2)C1C(=O)OC. The molecule has 0 radical (unpaired) electrons. The number of aromatic nitrogens is 2. The second-order valence-corrected chi connectivity index (χ2v) is 6.15. The van der Waals surface area contributed by atoms with Crippen molar-refractivity contribution in [1.29, 1.82) is 0 Å². The van der Waals surface area contributed by atoms with E-state index in [0.29, 0.717) is 11.3 Å². The first-order valence-corrected chi connectivity index (χ1v) is 7.87. The van der Waals surface area contributed by atoms with E-state index in [0.717, 1.165) is 4.57 Å². The molecule has 0 saturated heterocycles. The van der Waals surface area contributed by atoms with Gasteiger partial charge in [0, 0.05) is 25.7 Å². The van der Waals surface area contributed by atoms with Gasteiger partial charge in [0.05, 0.1) is 12.7 Å². The number of nitrogens with one attached hydrogen (secondary N) is 1. The van der Waals surface area contributed by atoms with Gasteiger partial charge in [-0.3, -0.25) is 18.7 Å². The van der Waals surface area contributed by atoms with Crippen molar-refractivity contribution in [1.82, 2.24) is 9.13 Å². The van der Waals surface area contributed by atoms with Crippen LogP contribution in [0, 0.1) is 11.7 Å². The number of ether oxygens (including phenoxy) is 1. The number of carbonyl (C=O) groups excluding carboxylic acids is 1. The van der Waals surface area contributed by atoms with Crippen LogP contribution in [0.3, 0.4) is 0 Å². The summed E-state index contributed by atoms with van der Waals surface area (Å²) in [6, 6.07) is 5.51. The number of rotatable bonds is 2. The molecule has 136 valence electrons. The fraction of sp³-hybridized carbons (Fsp3) is 0.278. The van der Waals surface area contributed by atoms with Crippen molar-refractivity contribution in [2.45, 2.75) is 5.92 Å². The Morgan fingerprint density at radius 2 is 1.81 bits per heavy atom. The van der Waals surface area contributed by atoms with Crippen molar-refractivity contribution < 1.29 is 13.9 Å². The van der Waals surface area contributed by atoms with Crippen LogP contribution in [0.5, 0.6) is 0 Å². The number of benzene rings is 1. The van der Waals surface area contributed by atoms with Crippen molar-refractivity contribution in [2.24, 2.45) is 20.0 Å². The van der Waals surface area contributed by atoms with Gasteiger partial charge in [-0.2, -0.15) is 0 Å². The summed E-state index contributed by atoms with van der Waals surface area (Å²) in [6.07, 6.45) is 0. The highest BCUT2D eigenvalue weighted by atomic mass is 19.1. The van der Waals surface area contributed by atoms with Gasteiger partial charge < -0.3 is 10.1 Å². The van der Waals surface area contributed by atoms with E-state index >= 15 is 0 Å². The molecule has 1 aliphatic heterocycles. The van der Waals surface area contributed by atoms with Crippen LogP contribution in [0.2, 0.25) is 0 Å². The summed E-state index contributed by atoms with van der Waals surface area (Å²) < 4.78 is 20.5. The van der Waals surface area contributed by atoms with Crippen LogP contribution in [0.15, 0.2) is 46.1 Å². The largest absolute Gasteiger partial charge is 0.468 e. The Hall–Kier alpha value is -3.16. The second kappa shape index (κ2) is 6.29. The third-order valence-corrected chi connectivity index (χ3v) is 4.68. The highest BCUT2D eigenvalue weighted by Crippen LogP contribution is 2.42. The van der Waals surface area contributed by atoms with E-state index in [9.17, 15) is 18.8 Å². The van der Waals surface area contributed by atoms with E-state index in [1.807, 2.05) is 0 Å². The average molecular weight is 359 g/mol. The minimum atomic E-state index is -0.900. The molecular weight excluding hydrogens is 341 g/mol. The summed E-state index contributed by atoms with van der Waals surface area (Å²) in [6.45, 7) is 3.87. The minimum Gasteiger partial charge on any atom is -0.468 e. The number of nitrogens with zero attached hydrogens (tertiary/aromatic N) is 2. The maximum atomic E-state index is 13.4. The summed E-state index contributed by atoms with van der Waals surface area (Å²) in [5.74, 6) is -2.43. The molecule has 1 N–H and O–H groups in total. The number of carbonyl (C=O) groups is 1. The molecule has 1 aromatic heterocycles. The lowest BCUT2D eigenvalue weighted by molar-refractivity contribution is -0.144. The van der Waals surface area contributed by atoms with Crippen LogP contribution in [-0.4, -0.2) is 22.2 Å². The standard InChI is InChI=1S/C18H18FN3O4/c1-9-12(17(24)26-4)13(10-5-7-11(19)8-6-10)14-15(20-9)21(2)18(25)22(3)16(14)23/h5-8,12-13,20H,1H2,2-4H3. The first-order chi connectivity index (χ1) is 12.3. The molecule has 2 atom stereocenters. The number of hydrogen-bond donors (Lipinski definition) is 1. The molecular formula is C18H18FN3O4. The topological polar surface area (TPSA) is 82.3 Å². The van der Waals surface area contributed by atoms with Crippen LogP contribution < -0.4 is 16.6 Å². The molecule has 26 heavy (non-hydrogen) atoms. The molecule has 3 rings (SSSR count). The lowest BCUT2D eigenvalue weighted by Gasteiger charge is -2.35. The molecule has 0 bridgehead atoms. The van der Waals surface area contributed by atoms with Gasteiger partial charge in [0.2, 0.25) is 0 Å². The molecule has 0 saturated carbocycles. The number of esters is 1. The Kier molecular flexibility index (Phi) is 4.27. The Morgan fingerprint density at radius 1 is 1.19 bits per heavy atom. The molecule has 2 aromatic rings. The van der Waals surface area contributed by atoms with Gasteiger partial charge in [-0.25, -0.2) is 9.18 Å². The first kappa shape index (κ1) is 17.7. The Bertz CT molecular complexity index is 1020. The molecule has 0 amide bonds. The minimum absolute atomic E-state index is 0.226. The van der Waals surface area contributed by atoms with Gasteiger partial charge in [-0.1, -0.05) is 18.7 Å². The molecule has 0 aliphatic carbocycles. The number of anilines is 1. The van der Waals surface area contributed by atoms with Crippen LogP contribution in [-0.2, 0) is 23.6 Å². The zero-order valence-corrected chi connectivity index (χ0v) is 14.6. The maximum absolute atomic E-state index is 13.4. The third kappa shape index (κ3) is 2.54. The van der Waals surface area contributed by atoms with Crippen LogP contribution in [0.25, 0.3) is 0 Å². The van der Waals surface area contributed by atoms with Gasteiger partial charge in [0.1, 0.15) is 17.6 Å². The lowest BCUT2D eigenvalue weighted by Crippen LogP contribution is -2.46. The monoisotopic (exact) mass is 359 g/mol. The molecule has 2 unspecified atom stereocenters.